The predicted octanol–water partition coefficient (Wildman–Crippen LogP) is 4.49. The Balaban J connectivity index is 2.42. The van der Waals surface area contributed by atoms with Crippen molar-refractivity contribution < 1.29 is 0 Å². The zero-order valence-electron chi connectivity index (χ0n) is 12.1. The molecule has 19 heavy (non-hydrogen) atoms. The maximum absolute atomic E-state index is 3.43. The number of likely N-dealkylation sites (N-methyl/N-ethyl adjacent to an activating group) is 1. The molecule has 0 saturated carbocycles. The average Bonchev–Trinajstić information content (AvgIpc) is 2.43. The third-order valence-electron chi connectivity index (χ3n) is 3.48. The minimum absolute atomic E-state index is 0.568. The molecular weight excluding hydrogens is 230 g/mol. The Hall–Kier alpha value is -1.60. The van der Waals surface area contributed by atoms with E-state index in [4.69, 9.17) is 0 Å². The van der Waals surface area contributed by atoms with Crippen molar-refractivity contribution in [2.45, 2.75) is 20.8 Å². The highest BCUT2D eigenvalue weighted by Gasteiger charge is 2.04. The van der Waals surface area contributed by atoms with Gasteiger partial charge < -0.3 is 5.32 Å². The lowest BCUT2D eigenvalue weighted by Crippen LogP contribution is -2.18. The summed E-state index contributed by atoms with van der Waals surface area (Å²) in [5.41, 5.74) is 2.78. The lowest BCUT2D eigenvalue weighted by molar-refractivity contribution is 0.682. The molecule has 1 nitrogen and oxygen atoms in total. The van der Waals surface area contributed by atoms with E-state index in [2.05, 4.69) is 74.6 Å². The number of fused-ring (bicyclic) bond motifs is 1. The number of rotatable bonds is 5. The van der Waals surface area contributed by atoms with Crippen molar-refractivity contribution in [2.24, 2.45) is 5.92 Å². The number of benzene rings is 2. The van der Waals surface area contributed by atoms with Gasteiger partial charge in [-0.3, -0.25) is 0 Å². The molecule has 1 N–H and O–H groups in total. The second kappa shape index (κ2) is 6.53. The second-order valence-electron chi connectivity index (χ2n) is 5.22. The molecule has 0 aliphatic rings. The lowest BCUT2D eigenvalue weighted by atomic mass is 9.97. The first-order valence-corrected chi connectivity index (χ1v) is 7.11. The van der Waals surface area contributed by atoms with E-state index in [0.29, 0.717) is 5.92 Å². The van der Waals surface area contributed by atoms with Crippen LogP contribution in [0.2, 0.25) is 0 Å². The molecule has 2 aromatic carbocycles. The number of hydrogen-bond acceptors (Lipinski definition) is 1. The van der Waals surface area contributed by atoms with Crippen LogP contribution in [0, 0.1) is 5.92 Å². The van der Waals surface area contributed by atoms with Gasteiger partial charge in [0.05, 0.1) is 0 Å². The van der Waals surface area contributed by atoms with Crippen LogP contribution >= 0.6 is 0 Å². The molecule has 0 bridgehead atoms. The highest BCUT2D eigenvalue weighted by Crippen LogP contribution is 2.22. The van der Waals surface area contributed by atoms with E-state index in [0.717, 1.165) is 13.1 Å². The van der Waals surface area contributed by atoms with E-state index >= 15 is 0 Å². The molecule has 2 aromatic rings. The van der Waals surface area contributed by atoms with Crippen LogP contribution in [-0.4, -0.2) is 13.1 Å². The zero-order valence-corrected chi connectivity index (χ0v) is 12.1. The first-order valence-electron chi connectivity index (χ1n) is 7.11. The summed E-state index contributed by atoms with van der Waals surface area (Å²) < 4.78 is 0. The van der Waals surface area contributed by atoms with Gasteiger partial charge >= 0.3 is 0 Å². The van der Waals surface area contributed by atoms with Crippen LogP contribution in [0.1, 0.15) is 26.3 Å². The topological polar surface area (TPSA) is 12.0 Å². The Kier molecular flexibility index (Phi) is 4.75. The van der Waals surface area contributed by atoms with E-state index in [1.54, 1.807) is 0 Å². The Bertz CT molecular complexity index is 561. The minimum atomic E-state index is 0.568. The molecule has 0 unspecified atom stereocenters. The molecule has 0 aliphatic carbocycles. The van der Waals surface area contributed by atoms with E-state index in [9.17, 15) is 0 Å². The molecule has 0 atom stereocenters. The summed E-state index contributed by atoms with van der Waals surface area (Å²) in [5.74, 6) is 0.568. The molecule has 0 aromatic heterocycles. The van der Waals surface area contributed by atoms with Gasteiger partial charge in [-0.15, -0.1) is 0 Å². The van der Waals surface area contributed by atoms with E-state index in [-0.39, 0.29) is 0 Å². The minimum Gasteiger partial charge on any atom is -0.313 e. The number of hydrogen-bond donors (Lipinski definition) is 1. The van der Waals surface area contributed by atoms with Crippen molar-refractivity contribution in [3.63, 3.8) is 0 Å². The molecule has 0 aliphatic heterocycles. The van der Waals surface area contributed by atoms with Crippen molar-refractivity contribution >= 4 is 16.8 Å². The highest BCUT2D eigenvalue weighted by molar-refractivity contribution is 5.90. The van der Waals surface area contributed by atoms with Crippen LogP contribution in [0.4, 0.5) is 0 Å². The fourth-order valence-electron chi connectivity index (χ4n) is 2.27. The molecule has 0 saturated heterocycles. The van der Waals surface area contributed by atoms with Crippen molar-refractivity contribution in [1.82, 2.24) is 5.32 Å². The smallest absolute Gasteiger partial charge is 0.0170 e. The summed E-state index contributed by atoms with van der Waals surface area (Å²) in [6, 6.07) is 15.1. The molecule has 0 amide bonds. The first-order chi connectivity index (χ1) is 9.22. The fraction of sp³-hybridized carbons (Fsp3) is 0.333. The molecule has 0 fully saturated rings. The Labute approximate surface area is 116 Å². The highest BCUT2D eigenvalue weighted by atomic mass is 14.8. The van der Waals surface area contributed by atoms with E-state index in [1.165, 1.54) is 21.9 Å². The van der Waals surface area contributed by atoms with Crippen molar-refractivity contribution in [3.8, 4) is 0 Å². The summed E-state index contributed by atoms with van der Waals surface area (Å²) in [6.07, 6.45) is 2.34. The molecule has 0 heterocycles. The Morgan fingerprint density at radius 2 is 1.84 bits per heavy atom. The lowest BCUT2D eigenvalue weighted by Gasteiger charge is -2.13. The van der Waals surface area contributed by atoms with Crippen LogP contribution in [0.25, 0.3) is 16.8 Å². The Morgan fingerprint density at radius 3 is 2.58 bits per heavy atom. The fourth-order valence-corrected chi connectivity index (χ4v) is 2.27. The van der Waals surface area contributed by atoms with Crippen LogP contribution in [-0.2, 0) is 0 Å². The maximum Gasteiger partial charge on any atom is 0.0170 e. The van der Waals surface area contributed by atoms with Gasteiger partial charge in [-0.25, -0.2) is 0 Å². The third-order valence-corrected chi connectivity index (χ3v) is 3.48. The Morgan fingerprint density at radius 1 is 1.11 bits per heavy atom. The van der Waals surface area contributed by atoms with Crippen LogP contribution in [0.3, 0.4) is 0 Å². The van der Waals surface area contributed by atoms with E-state index < -0.39 is 0 Å². The van der Waals surface area contributed by atoms with Gasteiger partial charge in [0, 0.05) is 6.54 Å². The van der Waals surface area contributed by atoms with Gasteiger partial charge in [0.25, 0.3) is 0 Å². The SMILES string of the molecule is CCNCC(=Cc1cccc2ccccc12)C(C)C. The summed E-state index contributed by atoms with van der Waals surface area (Å²) in [4.78, 5) is 0. The summed E-state index contributed by atoms with van der Waals surface area (Å²) in [7, 11) is 0. The normalized spacial score (nSPS) is 12.3. The van der Waals surface area contributed by atoms with Gasteiger partial charge in [0.2, 0.25) is 0 Å². The summed E-state index contributed by atoms with van der Waals surface area (Å²) in [6.45, 7) is 8.65. The number of nitrogens with one attached hydrogen (secondary N) is 1. The molecule has 2 rings (SSSR count). The first kappa shape index (κ1) is 13.8. The van der Waals surface area contributed by atoms with Crippen LogP contribution < -0.4 is 5.32 Å². The standard InChI is InChI=1S/C18H23N/c1-4-19-13-17(14(2)3)12-16-10-7-9-15-8-5-6-11-18(15)16/h5-12,14,19H,4,13H2,1-3H3. The molecular formula is C18H23N. The van der Waals surface area contributed by atoms with Gasteiger partial charge in [0.1, 0.15) is 0 Å². The average molecular weight is 253 g/mol. The van der Waals surface area contributed by atoms with Gasteiger partial charge in [-0.1, -0.05) is 74.9 Å². The molecule has 1 heteroatoms. The van der Waals surface area contributed by atoms with Crippen molar-refractivity contribution in [1.29, 1.82) is 0 Å². The van der Waals surface area contributed by atoms with Gasteiger partial charge in [0.15, 0.2) is 0 Å². The zero-order chi connectivity index (χ0) is 13.7. The molecule has 0 radical (unpaired) electrons. The second-order valence-corrected chi connectivity index (χ2v) is 5.22. The van der Waals surface area contributed by atoms with Crippen molar-refractivity contribution in [3.05, 3.63) is 53.6 Å². The largest absolute Gasteiger partial charge is 0.313 e. The summed E-state index contributed by atoms with van der Waals surface area (Å²) >= 11 is 0. The van der Waals surface area contributed by atoms with Crippen LogP contribution in [0.15, 0.2) is 48.0 Å². The molecule has 100 valence electrons. The summed E-state index contributed by atoms with van der Waals surface area (Å²) in [5, 5.41) is 6.07. The van der Waals surface area contributed by atoms with E-state index in [1.807, 2.05) is 0 Å². The van der Waals surface area contributed by atoms with Crippen LogP contribution in [0.5, 0.6) is 0 Å². The predicted molar refractivity (Wildman–Crippen MR) is 85.3 cm³/mol. The van der Waals surface area contributed by atoms with Gasteiger partial charge in [-0.2, -0.15) is 0 Å². The van der Waals surface area contributed by atoms with Gasteiger partial charge in [-0.05, 0) is 28.8 Å². The molecule has 0 spiro atoms. The maximum atomic E-state index is 3.43. The van der Waals surface area contributed by atoms with Crippen molar-refractivity contribution in [2.75, 3.05) is 13.1 Å². The monoisotopic (exact) mass is 253 g/mol. The quantitative estimate of drug-likeness (QED) is 0.828. The third kappa shape index (κ3) is 3.45.